The van der Waals surface area contributed by atoms with E-state index in [-0.39, 0.29) is 34.8 Å². The number of alkyl halides is 2. The van der Waals surface area contributed by atoms with Crippen LogP contribution >= 0.6 is 34.8 Å². The Morgan fingerprint density at radius 3 is 2.42 bits per heavy atom. The standard InChI is InChI=1S/C23H25Cl3N4O/c24-16-6-3-7-17(25)21(16)30-23-28-19-10-15(18(26)11-20(19)29-23)22(31)27-14-8-12-4-1-2-5-13(12)9-14/h1-2,4-5,10,14,16-17,20-21H,3,6-9,11H2,(H,27,31)(H2,28,29,30). The summed E-state index contributed by atoms with van der Waals surface area (Å²) in [6.07, 6.45) is 6.93. The zero-order chi connectivity index (χ0) is 21.5. The van der Waals surface area contributed by atoms with Gasteiger partial charge in [-0.15, -0.1) is 23.2 Å². The van der Waals surface area contributed by atoms with Crippen LogP contribution in [0.5, 0.6) is 0 Å². The predicted octanol–water partition coefficient (Wildman–Crippen LogP) is 3.74. The number of carbonyl (C=O) groups excluding carboxylic acids is 1. The minimum Gasteiger partial charge on any atom is -0.350 e. The fourth-order valence-corrected chi connectivity index (χ4v) is 6.06. The molecular formula is C23H25Cl3N4O. The number of nitrogens with zero attached hydrogens (tertiary/aromatic N) is 1. The maximum atomic E-state index is 13.0. The largest absolute Gasteiger partial charge is 0.350 e. The Labute approximate surface area is 197 Å². The molecule has 0 spiro atoms. The number of hydrogen-bond donors (Lipinski definition) is 3. The first-order chi connectivity index (χ1) is 15.0. The van der Waals surface area contributed by atoms with E-state index in [1.807, 2.05) is 12.1 Å². The summed E-state index contributed by atoms with van der Waals surface area (Å²) in [6.45, 7) is 0. The number of fused-ring (bicyclic) bond motifs is 2. The zero-order valence-corrected chi connectivity index (χ0v) is 19.3. The van der Waals surface area contributed by atoms with Gasteiger partial charge in [0.15, 0.2) is 5.96 Å². The summed E-state index contributed by atoms with van der Waals surface area (Å²) in [5.74, 6) is 0.510. The quantitative estimate of drug-likeness (QED) is 0.579. The van der Waals surface area contributed by atoms with Gasteiger partial charge in [-0.05, 0) is 42.9 Å². The van der Waals surface area contributed by atoms with E-state index in [9.17, 15) is 4.79 Å². The molecular weight excluding hydrogens is 455 g/mol. The van der Waals surface area contributed by atoms with Gasteiger partial charge in [0.05, 0.1) is 34.1 Å². The summed E-state index contributed by atoms with van der Waals surface area (Å²) in [5, 5.41) is 10.4. The third kappa shape index (κ3) is 4.33. The van der Waals surface area contributed by atoms with Crippen LogP contribution in [0.15, 0.2) is 51.6 Å². The number of guanidine groups is 1. The second-order valence-electron chi connectivity index (χ2n) is 8.73. The molecule has 5 nitrogen and oxygen atoms in total. The molecule has 1 aromatic carbocycles. The van der Waals surface area contributed by atoms with Crippen LogP contribution in [0.25, 0.3) is 0 Å². The van der Waals surface area contributed by atoms with Crippen LogP contribution < -0.4 is 16.0 Å². The number of nitrogens with one attached hydrogen (secondary N) is 3. The first-order valence-electron chi connectivity index (χ1n) is 10.9. The lowest BCUT2D eigenvalue weighted by atomic mass is 9.94. The molecule has 1 saturated carbocycles. The fraction of sp³-hybridized carbons (Fsp3) is 0.478. The van der Waals surface area contributed by atoms with Gasteiger partial charge < -0.3 is 16.0 Å². The number of aliphatic imine (C=N–C) groups is 1. The molecule has 1 heterocycles. The second kappa shape index (κ2) is 8.68. The van der Waals surface area contributed by atoms with Crippen molar-refractivity contribution in [3.05, 3.63) is 57.8 Å². The number of halogens is 3. The number of amides is 1. The maximum absolute atomic E-state index is 13.0. The molecule has 0 saturated heterocycles. The van der Waals surface area contributed by atoms with Gasteiger partial charge in [-0.25, -0.2) is 4.99 Å². The van der Waals surface area contributed by atoms with Gasteiger partial charge in [-0.2, -0.15) is 0 Å². The molecule has 164 valence electrons. The zero-order valence-electron chi connectivity index (χ0n) is 17.0. The van der Waals surface area contributed by atoms with Gasteiger partial charge >= 0.3 is 0 Å². The normalized spacial score (nSPS) is 30.2. The number of rotatable bonds is 3. The van der Waals surface area contributed by atoms with Crippen LogP contribution in [0.4, 0.5) is 0 Å². The van der Waals surface area contributed by atoms with Crippen molar-refractivity contribution < 1.29 is 4.79 Å². The van der Waals surface area contributed by atoms with Crippen LogP contribution in [-0.4, -0.2) is 40.7 Å². The van der Waals surface area contributed by atoms with Crippen molar-refractivity contribution >= 4 is 46.7 Å². The van der Waals surface area contributed by atoms with E-state index in [1.165, 1.54) is 11.1 Å². The highest BCUT2D eigenvalue weighted by Gasteiger charge is 2.36. The van der Waals surface area contributed by atoms with Crippen LogP contribution in [0, 0.1) is 0 Å². The van der Waals surface area contributed by atoms with Crippen molar-refractivity contribution in [2.75, 3.05) is 0 Å². The Kier molecular flexibility index (Phi) is 5.93. The summed E-state index contributed by atoms with van der Waals surface area (Å²) < 4.78 is 0. The molecule has 5 rings (SSSR count). The first-order valence-corrected chi connectivity index (χ1v) is 12.1. The Morgan fingerprint density at radius 2 is 1.74 bits per heavy atom. The highest BCUT2D eigenvalue weighted by atomic mass is 35.5. The first kappa shape index (κ1) is 21.2. The van der Waals surface area contributed by atoms with E-state index in [0.717, 1.165) is 37.8 Å². The van der Waals surface area contributed by atoms with E-state index < -0.39 is 0 Å². The van der Waals surface area contributed by atoms with Crippen molar-refractivity contribution in [1.82, 2.24) is 16.0 Å². The van der Waals surface area contributed by atoms with E-state index >= 15 is 0 Å². The summed E-state index contributed by atoms with van der Waals surface area (Å²) >= 11 is 19.5. The second-order valence-corrected chi connectivity index (χ2v) is 10.3. The van der Waals surface area contributed by atoms with Gasteiger partial charge in [-0.3, -0.25) is 4.79 Å². The summed E-state index contributed by atoms with van der Waals surface area (Å²) in [4.78, 5) is 17.6. The number of benzene rings is 1. The molecule has 1 aliphatic heterocycles. The molecule has 3 aliphatic carbocycles. The summed E-state index contributed by atoms with van der Waals surface area (Å²) in [5.41, 5.74) is 3.90. The van der Waals surface area contributed by atoms with Gasteiger partial charge in [0, 0.05) is 17.5 Å². The maximum Gasteiger partial charge on any atom is 0.252 e. The molecule has 4 aliphatic rings. The average molecular weight is 480 g/mol. The minimum atomic E-state index is -0.140. The van der Waals surface area contributed by atoms with E-state index in [4.69, 9.17) is 34.8 Å². The lowest BCUT2D eigenvalue weighted by Gasteiger charge is -2.32. The lowest BCUT2D eigenvalue weighted by Crippen LogP contribution is -2.52. The Morgan fingerprint density at radius 1 is 1.06 bits per heavy atom. The van der Waals surface area contributed by atoms with Gasteiger partial charge in [0.2, 0.25) is 0 Å². The molecule has 31 heavy (non-hydrogen) atoms. The lowest BCUT2D eigenvalue weighted by molar-refractivity contribution is -0.117. The Bertz CT molecular complexity index is 954. The van der Waals surface area contributed by atoms with Crippen LogP contribution in [0.1, 0.15) is 36.8 Å². The van der Waals surface area contributed by atoms with Crippen molar-refractivity contribution in [2.24, 2.45) is 4.99 Å². The molecule has 1 amide bonds. The Hall–Kier alpha value is -1.69. The molecule has 1 fully saturated rings. The summed E-state index contributed by atoms with van der Waals surface area (Å²) in [6, 6.07) is 8.32. The molecule has 8 heteroatoms. The topological polar surface area (TPSA) is 65.5 Å². The monoisotopic (exact) mass is 478 g/mol. The minimum absolute atomic E-state index is 0.0315. The SMILES string of the molecule is O=C(NC1Cc2ccccc2C1)C1=C(Cl)CC2NC(NC3C(Cl)CCCC3Cl)=NC2=C1. The molecule has 3 atom stereocenters. The fourth-order valence-electron chi connectivity index (χ4n) is 4.90. The molecule has 3 unspecified atom stereocenters. The van der Waals surface area contributed by atoms with Crippen LogP contribution in [0.2, 0.25) is 0 Å². The number of hydrogen-bond acceptors (Lipinski definition) is 4. The van der Waals surface area contributed by atoms with Crippen molar-refractivity contribution in [2.45, 2.75) is 67.4 Å². The van der Waals surface area contributed by atoms with Gasteiger partial charge in [0.1, 0.15) is 0 Å². The van der Waals surface area contributed by atoms with E-state index in [1.54, 1.807) is 6.08 Å². The van der Waals surface area contributed by atoms with E-state index in [2.05, 4.69) is 33.1 Å². The average Bonchev–Trinajstić information content (AvgIpc) is 3.32. The van der Waals surface area contributed by atoms with Crippen molar-refractivity contribution in [1.29, 1.82) is 0 Å². The molecule has 1 aromatic rings. The molecule has 3 N–H and O–H groups in total. The van der Waals surface area contributed by atoms with Crippen LogP contribution in [-0.2, 0) is 17.6 Å². The van der Waals surface area contributed by atoms with Gasteiger partial charge in [-0.1, -0.05) is 42.3 Å². The van der Waals surface area contributed by atoms with Crippen molar-refractivity contribution in [3.8, 4) is 0 Å². The highest BCUT2D eigenvalue weighted by molar-refractivity contribution is 6.32. The third-order valence-corrected chi connectivity index (χ3v) is 7.89. The number of carbonyl (C=O) groups is 1. The van der Waals surface area contributed by atoms with E-state index in [0.29, 0.717) is 23.0 Å². The highest BCUT2D eigenvalue weighted by Crippen LogP contribution is 2.32. The van der Waals surface area contributed by atoms with Crippen molar-refractivity contribution in [3.63, 3.8) is 0 Å². The third-order valence-electron chi connectivity index (χ3n) is 6.55. The predicted molar refractivity (Wildman–Crippen MR) is 126 cm³/mol. The molecule has 0 bridgehead atoms. The smallest absolute Gasteiger partial charge is 0.252 e. The molecule has 0 radical (unpaired) electrons. The summed E-state index contributed by atoms with van der Waals surface area (Å²) in [7, 11) is 0. The molecule has 0 aromatic heterocycles. The van der Waals surface area contributed by atoms with Gasteiger partial charge in [0.25, 0.3) is 5.91 Å². The Balaban J connectivity index is 1.26. The van der Waals surface area contributed by atoms with Crippen LogP contribution in [0.3, 0.4) is 0 Å².